The fourth-order valence-corrected chi connectivity index (χ4v) is 2.54. The van der Waals surface area contributed by atoms with Crippen molar-refractivity contribution >= 4 is 39.2 Å². The SMILES string of the molecule is Nc1cnc(N2C(=O)C3CC3C2=O)c(Br)c1. The average molecular weight is 282 g/mol. The predicted octanol–water partition coefficient (Wildman–Crippen LogP) is 0.936. The number of nitrogens with two attached hydrogens (primary N) is 1. The van der Waals surface area contributed by atoms with Gasteiger partial charge in [-0.1, -0.05) is 0 Å². The number of halogens is 1. The number of hydrogen-bond acceptors (Lipinski definition) is 4. The van der Waals surface area contributed by atoms with Crippen molar-refractivity contribution in [3.63, 3.8) is 0 Å². The van der Waals surface area contributed by atoms with E-state index in [2.05, 4.69) is 20.9 Å². The highest BCUT2D eigenvalue weighted by molar-refractivity contribution is 9.10. The van der Waals surface area contributed by atoms with Gasteiger partial charge in [0.2, 0.25) is 11.8 Å². The van der Waals surface area contributed by atoms with Crippen molar-refractivity contribution < 1.29 is 9.59 Å². The molecule has 3 rings (SSSR count). The van der Waals surface area contributed by atoms with Gasteiger partial charge in [0.15, 0.2) is 5.82 Å². The molecule has 2 aliphatic rings. The number of piperidine rings is 1. The number of pyridine rings is 1. The average Bonchev–Trinajstić information content (AvgIpc) is 2.96. The van der Waals surface area contributed by atoms with E-state index in [1.54, 1.807) is 6.07 Å². The van der Waals surface area contributed by atoms with E-state index in [0.717, 1.165) is 4.90 Å². The topological polar surface area (TPSA) is 76.3 Å². The monoisotopic (exact) mass is 281 g/mol. The van der Waals surface area contributed by atoms with E-state index in [-0.39, 0.29) is 23.7 Å². The molecule has 16 heavy (non-hydrogen) atoms. The first-order valence-corrected chi connectivity index (χ1v) is 5.67. The first kappa shape index (κ1) is 9.77. The molecular formula is C10H8BrN3O2. The Balaban J connectivity index is 2.04. The van der Waals surface area contributed by atoms with E-state index < -0.39 is 0 Å². The first-order valence-electron chi connectivity index (χ1n) is 4.88. The van der Waals surface area contributed by atoms with Gasteiger partial charge in [-0.3, -0.25) is 9.59 Å². The summed E-state index contributed by atoms with van der Waals surface area (Å²) in [5, 5.41) is 0. The third-order valence-electron chi connectivity index (χ3n) is 2.92. The fraction of sp³-hybridized carbons (Fsp3) is 0.300. The second-order valence-corrected chi connectivity index (χ2v) is 4.89. The van der Waals surface area contributed by atoms with Crippen molar-refractivity contribution in [1.29, 1.82) is 0 Å². The summed E-state index contributed by atoms with van der Waals surface area (Å²) in [5.74, 6) is -0.171. The number of imide groups is 1. The van der Waals surface area contributed by atoms with Crippen LogP contribution in [0.5, 0.6) is 0 Å². The highest BCUT2D eigenvalue weighted by atomic mass is 79.9. The van der Waals surface area contributed by atoms with Gasteiger partial charge in [0.1, 0.15) is 0 Å². The molecule has 1 aromatic heterocycles. The molecule has 1 aliphatic carbocycles. The van der Waals surface area contributed by atoms with Crippen LogP contribution in [-0.2, 0) is 9.59 Å². The molecule has 2 unspecified atom stereocenters. The van der Waals surface area contributed by atoms with Crippen LogP contribution >= 0.6 is 15.9 Å². The molecule has 5 nitrogen and oxygen atoms in total. The number of carbonyl (C=O) groups excluding carboxylic acids is 2. The highest BCUT2D eigenvalue weighted by Crippen LogP contribution is 2.48. The maximum Gasteiger partial charge on any atom is 0.238 e. The van der Waals surface area contributed by atoms with Crippen LogP contribution in [-0.4, -0.2) is 16.8 Å². The van der Waals surface area contributed by atoms with Crippen LogP contribution in [0.1, 0.15) is 6.42 Å². The van der Waals surface area contributed by atoms with E-state index >= 15 is 0 Å². The Hall–Kier alpha value is -1.43. The van der Waals surface area contributed by atoms with Crippen molar-refractivity contribution in [3.05, 3.63) is 16.7 Å². The molecule has 82 valence electrons. The minimum atomic E-state index is -0.145. The number of fused-ring (bicyclic) bond motifs is 1. The summed E-state index contributed by atoms with van der Waals surface area (Å²) in [5.41, 5.74) is 6.04. The Bertz CT molecular complexity index is 497. The van der Waals surface area contributed by atoms with Crippen LogP contribution in [0.25, 0.3) is 0 Å². The molecule has 2 atom stereocenters. The minimum Gasteiger partial charge on any atom is -0.397 e. The second kappa shape index (κ2) is 3.04. The summed E-state index contributed by atoms with van der Waals surface area (Å²) >= 11 is 3.26. The summed E-state index contributed by atoms with van der Waals surface area (Å²) in [6.07, 6.45) is 2.13. The number of nitrogens with zero attached hydrogens (tertiary/aromatic N) is 2. The van der Waals surface area contributed by atoms with E-state index in [1.807, 2.05) is 0 Å². The second-order valence-electron chi connectivity index (χ2n) is 4.03. The van der Waals surface area contributed by atoms with Gasteiger partial charge in [-0.15, -0.1) is 0 Å². The Kier molecular flexibility index (Phi) is 1.85. The molecule has 0 aromatic carbocycles. The maximum absolute atomic E-state index is 11.8. The molecule has 0 bridgehead atoms. The molecule has 2 fully saturated rings. The number of carbonyl (C=O) groups is 2. The largest absolute Gasteiger partial charge is 0.397 e. The van der Waals surface area contributed by atoms with Crippen LogP contribution in [0.2, 0.25) is 0 Å². The van der Waals surface area contributed by atoms with E-state index in [4.69, 9.17) is 5.73 Å². The van der Waals surface area contributed by atoms with Crippen molar-refractivity contribution in [2.75, 3.05) is 10.6 Å². The van der Waals surface area contributed by atoms with Gasteiger partial charge in [-0.25, -0.2) is 9.88 Å². The molecule has 6 heteroatoms. The molecule has 1 saturated carbocycles. The lowest BCUT2D eigenvalue weighted by Crippen LogP contribution is -2.33. The van der Waals surface area contributed by atoms with Crippen molar-refractivity contribution in [3.8, 4) is 0 Å². The molecule has 2 heterocycles. The van der Waals surface area contributed by atoms with Crippen LogP contribution < -0.4 is 10.6 Å². The Morgan fingerprint density at radius 3 is 2.56 bits per heavy atom. The van der Waals surface area contributed by atoms with Gasteiger partial charge in [-0.2, -0.15) is 0 Å². The predicted molar refractivity (Wildman–Crippen MR) is 60.4 cm³/mol. The fourth-order valence-electron chi connectivity index (χ4n) is 2.00. The summed E-state index contributed by atoms with van der Waals surface area (Å²) in [7, 11) is 0. The van der Waals surface area contributed by atoms with E-state index in [9.17, 15) is 9.59 Å². The highest BCUT2D eigenvalue weighted by Gasteiger charge is 2.59. The number of anilines is 2. The molecule has 1 saturated heterocycles. The smallest absolute Gasteiger partial charge is 0.238 e. The maximum atomic E-state index is 11.8. The summed E-state index contributed by atoms with van der Waals surface area (Å²) in [6, 6.07) is 1.63. The first-order chi connectivity index (χ1) is 7.59. The van der Waals surface area contributed by atoms with Crippen molar-refractivity contribution in [2.24, 2.45) is 11.8 Å². The Labute approximate surface area is 99.8 Å². The quantitative estimate of drug-likeness (QED) is 0.777. The molecule has 0 spiro atoms. The summed E-state index contributed by atoms with van der Waals surface area (Å²) in [4.78, 5) is 28.8. The number of rotatable bonds is 1. The molecule has 0 radical (unpaired) electrons. The third kappa shape index (κ3) is 1.19. The van der Waals surface area contributed by atoms with Gasteiger partial charge in [0, 0.05) is 0 Å². The standard InChI is InChI=1S/C10H8BrN3O2/c11-7-1-4(12)3-13-8(7)14-9(15)5-2-6(5)10(14)16/h1,3,5-6H,2,12H2. The number of hydrogen-bond donors (Lipinski definition) is 1. The van der Waals surface area contributed by atoms with Crippen LogP contribution in [0, 0.1) is 11.8 Å². The van der Waals surface area contributed by atoms with E-state index in [1.165, 1.54) is 6.20 Å². The minimum absolute atomic E-state index is 0.112. The lowest BCUT2D eigenvalue weighted by atomic mass is 10.3. The summed E-state index contributed by atoms with van der Waals surface area (Å²) in [6.45, 7) is 0. The zero-order chi connectivity index (χ0) is 11.4. The van der Waals surface area contributed by atoms with Crippen LogP contribution in [0.15, 0.2) is 16.7 Å². The van der Waals surface area contributed by atoms with Gasteiger partial charge in [-0.05, 0) is 28.4 Å². The van der Waals surface area contributed by atoms with Gasteiger partial charge in [0.25, 0.3) is 0 Å². The molecule has 1 aliphatic heterocycles. The number of amides is 2. The Morgan fingerprint density at radius 1 is 1.38 bits per heavy atom. The molecule has 1 aromatic rings. The molecule has 2 N–H and O–H groups in total. The van der Waals surface area contributed by atoms with Crippen LogP contribution in [0.4, 0.5) is 11.5 Å². The zero-order valence-corrected chi connectivity index (χ0v) is 9.77. The lowest BCUT2D eigenvalue weighted by Gasteiger charge is -2.16. The van der Waals surface area contributed by atoms with Gasteiger partial charge < -0.3 is 5.73 Å². The molecule has 2 amide bonds. The zero-order valence-electron chi connectivity index (χ0n) is 8.18. The lowest BCUT2D eigenvalue weighted by molar-refractivity contribution is -0.123. The third-order valence-corrected chi connectivity index (χ3v) is 3.50. The summed E-state index contributed by atoms with van der Waals surface area (Å²) < 4.78 is 0.565. The number of aromatic nitrogens is 1. The van der Waals surface area contributed by atoms with Crippen LogP contribution in [0.3, 0.4) is 0 Å². The molecular weight excluding hydrogens is 274 g/mol. The normalized spacial score (nSPS) is 27.2. The van der Waals surface area contributed by atoms with E-state index in [0.29, 0.717) is 22.4 Å². The van der Waals surface area contributed by atoms with Crippen molar-refractivity contribution in [1.82, 2.24) is 4.98 Å². The number of nitrogen functional groups attached to an aromatic ring is 1. The van der Waals surface area contributed by atoms with Gasteiger partial charge in [0.05, 0.1) is 28.2 Å². The Morgan fingerprint density at radius 2 is 2.00 bits per heavy atom. The van der Waals surface area contributed by atoms with Crippen molar-refractivity contribution in [2.45, 2.75) is 6.42 Å². The van der Waals surface area contributed by atoms with Gasteiger partial charge >= 0.3 is 0 Å².